The largest absolute Gasteiger partial charge is 0.313 e. The molecule has 7 aromatic carbocycles. The molecular weight excluding hydrogens is 655 g/mol. The van der Waals surface area contributed by atoms with Gasteiger partial charge >= 0.3 is 0 Å². The number of para-hydroxylation sites is 4. The van der Waals surface area contributed by atoms with Crippen LogP contribution in [0.15, 0.2) is 176 Å². The molecule has 2 aromatic heterocycles. The molecular formula is C51H39N3. The molecule has 2 aliphatic rings. The summed E-state index contributed by atoms with van der Waals surface area (Å²) in [6.45, 7) is 4.75. The molecule has 9 aromatic rings. The number of benzene rings is 7. The lowest BCUT2D eigenvalue weighted by Gasteiger charge is -2.42. The Morgan fingerprint density at radius 3 is 1.81 bits per heavy atom. The van der Waals surface area contributed by atoms with E-state index in [1.807, 2.05) is 0 Å². The molecule has 11 rings (SSSR count). The third-order valence-electron chi connectivity index (χ3n) is 11.9. The van der Waals surface area contributed by atoms with E-state index in [0.29, 0.717) is 0 Å². The molecule has 0 N–H and O–H groups in total. The van der Waals surface area contributed by atoms with E-state index in [1.165, 1.54) is 94.3 Å². The van der Waals surface area contributed by atoms with Crippen LogP contribution in [0.5, 0.6) is 0 Å². The SMILES string of the molecule is CC1(C)c2ccccc2N(c2ccccc2)c2cc3c4cc(-c5ccc6c(c5)c5ccccc5n6C5=CC=CCC5)ccc4n(-c4ccccc4)c3cc21. The van der Waals surface area contributed by atoms with Crippen molar-refractivity contribution in [3.05, 3.63) is 187 Å². The fraction of sp³-hybridized carbons (Fsp3) is 0.0980. The van der Waals surface area contributed by atoms with Gasteiger partial charge in [-0.2, -0.15) is 0 Å². The van der Waals surface area contributed by atoms with E-state index >= 15 is 0 Å². The number of rotatable bonds is 4. The predicted octanol–water partition coefficient (Wildman–Crippen LogP) is 13.9. The summed E-state index contributed by atoms with van der Waals surface area (Å²) in [6, 6.07) is 58.5. The van der Waals surface area contributed by atoms with Crippen molar-refractivity contribution in [2.24, 2.45) is 0 Å². The second kappa shape index (κ2) is 11.7. The molecule has 0 unspecified atom stereocenters. The van der Waals surface area contributed by atoms with E-state index in [1.54, 1.807) is 0 Å². The van der Waals surface area contributed by atoms with Gasteiger partial charge in [0.1, 0.15) is 0 Å². The number of hydrogen-bond donors (Lipinski definition) is 0. The number of aromatic nitrogens is 2. The van der Waals surface area contributed by atoms with E-state index in [0.717, 1.165) is 12.8 Å². The Morgan fingerprint density at radius 2 is 1.07 bits per heavy atom. The molecule has 3 heteroatoms. The maximum Gasteiger partial charge on any atom is 0.0545 e. The molecule has 1 aliphatic carbocycles. The lowest BCUT2D eigenvalue weighted by Crippen LogP contribution is -2.30. The van der Waals surface area contributed by atoms with Crippen molar-refractivity contribution in [3.8, 4) is 16.8 Å². The van der Waals surface area contributed by atoms with Crippen LogP contribution in [-0.2, 0) is 5.41 Å². The van der Waals surface area contributed by atoms with Gasteiger partial charge in [0.25, 0.3) is 0 Å². The summed E-state index contributed by atoms with van der Waals surface area (Å²) in [6.07, 6.45) is 8.85. The van der Waals surface area contributed by atoms with Crippen molar-refractivity contribution in [2.45, 2.75) is 32.1 Å². The van der Waals surface area contributed by atoms with Crippen LogP contribution in [0.4, 0.5) is 17.1 Å². The molecule has 0 bridgehead atoms. The third kappa shape index (κ3) is 4.48. The van der Waals surface area contributed by atoms with Crippen molar-refractivity contribution in [2.75, 3.05) is 4.90 Å². The molecule has 0 atom stereocenters. The van der Waals surface area contributed by atoms with E-state index in [9.17, 15) is 0 Å². The zero-order chi connectivity index (χ0) is 36.0. The van der Waals surface area contributed by atoms with Crippen LogP contribution < -0.4 is 4.90 Å². The highest BCUT2D eigenvalue weighted by molar-refractivity contribution is 6.14. The monoisotopic (exact) mass is 693 g/mol. The minimum absolute atomic E-state index is 0.201. The van der Waals surface area contributed by atoms with E-state index in [4.69, 9.17) is 0 Å². The van der Waals surface area contributed by atoms with Crippen LogP contribution in [0.2, 0.25) is 0 Å². The first-order valence-electron chi connectivity index (χ1n) is 19.1. The summed E-state index contributed by atoms with van der Waals surface area (Å²) in [5, 5.41) is 5.09. The first-order chi connectivity index (χ1) is 26.6. The van der Waals surface area contributed by atoms with Crippen LogP contribution in [0.3, 0.4) is 0 Å². The summed E-state index contributed by atoms with van der Waals surface area (Å²) in [5.74, 6) is 0. The highest BCUT2D eigenvalue weighted by atomic mass is 15.2. The lowest BCUT2D eigenvalue weighted by molar-refractivity contribution is 0.632. The van der Waals surface area contributed by atoms with Crippen molar-refractivity contribution in [1.29, 1.82) is 0 Å². The zero-order valence-electron chi connectivity index (χ0n) is 30.5. The molecule has 258 valence electrons. The summed E-state index contributed by atoms with van der Waals surface area (Å²) in [5.41, 5.74) is 16.0. The van der Waals surface area contributed by atoms with E-state index in [-0.39, 0.29) is 5.41 Å². The number of anilines is 3. The first-order valence-corrected chi connectivity index (χ1v) is 19.1. The maximum atomic E-state index is 2.47. The number of hydrogen-bond acceptors (Lipinski definition) is 1. The first kappa shape index (κ1) is 31.0. The van der Waals surface area contributed by atoms with Gasteiger partial charge in [-0.3, -0.25) is 0 Å². The summed E-state index contributed by atoms with van der Waals surface area (Å²) >= 11 is 0. The van der Waals surface area contributed by atoms with Gasteiger partial charge in [0.05, 0.1) is 33.4 Å². The smallest absolute Gasteiger partial charge is 0.0545 e. The van der Waals surface area contributed by atoms with Gasteiger partial charge in [-0.1, -0.05) is 111 Å². The Balaban J connectivity index is 1.17. The Bertz CT molecular complexity index is 3010. The van der Waals surface area contributed by atoms with Gasteiger partial charge in [0, 0.05) is 44.0 Å². The third-order valence-corrected chi connectivity index (χ3v) is 11.9. The summed E-state index contributed by atoms with van der Waals surface area (Å²) < 4.78 is 4.93. The standard InChI is InChI=1S/C51H39N3/c1-51(2)43-23-13-15-25-48(43)54(38-20-10-5-11-21-38)50-32-42-41-31-35(27-29-47(41)53(49(42)33-44(50)51)37-18-8-4-9-19-37)34-26-28-46-40(30-34)39-22-12-14-24-45(39)52(46)36-16-6-3-7-17-36/h3-6,8-16,18-33H,7,17H2,1-2H3. The van der Waals surface area contributed by atoms with Gasteiger partial charge in [0.2, 0.25) is 0 Å². The van der Waals surface area contributed by atoms with Gasteiger partial charge in [-0.15, -0.1) is 0 Å². The van der Waals surface area contributed by atoms with Crippen molar-refractivity contribution < 1.29 is 0 Å². The van der Waals surface area contributed by atoms with Crippen LogP contribution in [0.25, 0.3) is 66.1 Å². The molecule has 0 saturated heterocycles. The number of fused-ring (bicyclic) bond motifs is 8. The van der Waals surface area contributed by atoms with Gasteiger partial charge in [-0.25, -0.2) is 0 Å². The van der Waals surface area contributed by atoms with Gasteiger partial charge in [0.15, 0.2) is 0 Å². The molecule has 0 spiro atoms. The minimum Gasteiger partial charge on any atom is -0.313 e. The summed E-state index contributed by atoms with van der Waals surface area (Å²) in [4.78, 5) is 2.46. The zero-order valence-corrected chi connectivity index (χ0v) is 30.5. The average Bonchev–Trinajstić information content (AvgIpc) is 3.73. The van der Waals surface area contributed by atoms with Crippen LogP contribution in [0, 0.1) is 0 Å². The highest BCUT2D eigenvalue weighted by Gasteiger charge is 2.37. The number of nitrogens with zero attached hydrogens (tertiary/aromatic N) is 3. The van der Waals surface area contributed by atoms with Crippen molar-refractivity contribution in [1.82, 2.24) is 9.13 Å². The van der Waals surface area contributed by atoms with Crippen LogP contribution >= 0.6 is 0 Å². The molecule has 0 saturated carbocycles. The van der Waals surface area contributed by atoms with Crippen LogP contribution in [0.1, 0.15) is 37.8 Å². The molecule has 54 heavy (non-hydrogen) atoms. The molecule has 1 aliphatic heterocycles. The highest BCUT2D eigenvalue weighted by Crippen LogP contribution is 2.53. The minimum atomic E-state index is -0.201. The average molecular weight is 694 g/mol. The Morgan fingerprint density at radius 1 is 0.463 bits per heavy atom. The summed E-state index contributed by atoms with van der Waals surface area (Å²) in [7, 11) is 0. The maximum absolute atomic E-state index is 2.47. The molecule has 3 nitrogen and oxygen atoms in total. The second-order valence-corrected chi connectivity index (χ2v) is 15.3. The van der Waals surface area contributed by atoms with Crippen LogP contribution in [-0.4, -0.2) is 9.13 Å². The van der Waals surface area contributed by atoms with E-state index < -0.39 is 0 Å². The van der Waals surface area contributed by atoms with Gasteiger partial charge in [-0.05, 0) is 114 Å². The topological polar surface area (TPSA) is 13.1 Å². The van der Waals surface area contributed by atoms with Crippen molar-refractivity contribution in [3.63, 3.8) is 0 Å². The lowest BCUT2D eigenvalue weighted by atomic mass is 9.73. The number of allylic oxidation sites excluding steroid dienone is 4. The fourth-order valence-electron chi connectivity index (χ4n) is 9.34. The van der Waals surface area contributed by atoms with Crippen molar-refractivity contribution >= 4 is 66.4 Å². The predicted molar refractivity (Wildman–Crippen MR) is 229 cm³/mol. The Labute approximate surface area is 315 Å². The van der Waals surface area contributed by atoms with Gasteiger partial charge < -0.3 is 14.0 Å². The van der Waals surface area contributed by atoms with E-state index in [2.05, 4.69) is 204 Å². The molecule has 0 radical (unpaired) electrons. The fourth-order valence-corrected chi connectivity index (χ4v) is 9.34. The molecule has 0 fully saturated rings. The Kier molecular flexibility index (Phi) is 6.72. The quantitative estimate of drug-likeness (QED) is 0.179. The second-order valence-electron chi connectivity index (χ2n) is 15.3. The Hall–Kier alpha value is -6.58. The molecule has 0 amide bonds. The normalized spacial score (nSPS) is 14.9. The molecule has 3 heterocycles.